The lowest BCUT2D eigenvalue weighted by molar-refractivity contribution is 0.313. The maximum Gasteiger partial charge on any atom is 0.203 e. The largest absolute Gasteiger partial charge is 0.463 e. The van der Waals surface area contributed by atoms with Gasteiger partial charge in [0.2, 0.25) is 5.43 Å². The second kappa shape index (κ2) is 6.49. The second-order valence-electron chi connectivity index (χ2n) is 7.56. The molecule has 2 aromatic carbocycles. The Morgan fingerprint density at radius 3 is 2.71 bits per heavy atom. The highest BCUT2D eigenvalue weighted by Gasteiger charge is 2.17. The smallest absolute Gasteiger partial charge is 0.203 e. The maximum atomic E-state index is 13.0. The zero-order chi connectivity index (χ0) is 19.3. The first-order valence-corrected chi connectivity index (χ1v) is 9.54. The molecule has 1 saturated heterocycles. The molecule has 0 bridgehead atoms. The number of hydrogen-bond acceptors (Lipinski definition) is 5. The lowest BCUT2D eigenvalue weighted by Crippen LogP contribution is -2.44. The van der Waals surface area contributed by atoms with E-state index >= 15 is 0 Å². The van der Waals surface area contributed by atoms with Gasteiger partial charge in [0.1, 0.15) is 23.2 Å². The van der Waals surface area contributed by atoms with Crippen LogP contribution in [-0.4, -0.2) is 48.1 Å². The van der Waals surface area contributed by atoms with E-state index in [2.05, 4.69) is 38.9 Å². The topological polar surface area (TPSA) is 65.4 Å². The summed E-state index contributed by atoms with van der Waals surface area (Å²) in [6, 6.07) is 11.9. The Hall–Kier alpha value is -3.12. The van der Waals surface area contributed by atoms with Crippen molar-refractivity contribution in [3.63, 3.8) is 0 Å². The van der Waals surface area contributed by atoms with Crippen LogP contribution < -0.4 is 10.3 Å². The normalized spacial score (nSPS) is 15.6. The van der Waals surface area contributed by atoms with Gasteiger partial charge in [-0.15, -0.1) is 0 Å². The zero-order valence-electron chi connectivity index (χ0n) is 16.0. The Kier molecular flexibility index (Phi) is 3.94. The molecule has 4 aromatic rings. The molecule has 0 amide bonds. The van der Waals surface area contributed by atoms with Gasteiger partial charge in [-0.2, -0.15) is 0 Å². The molecule has 5 rings (SSSR count). The minimum absolute atomic E-state index is 0.0664. The van der Waals surface area contributed by atoms with Gasteiger partial charge in [-0.25, -0.2) is 4.98 Å². The molecule has 1 aliphatic rings. The molecule has 0 aliphatic carbocycles. The summed E-state index contributed by atoms with van der Waals surface area (Å²) in [5.74, 6) is 0.544. The van der Waals surface area contributed by atoms with Gasteiger partial charge in [-0.3, -0.25) is 4.79 Å². The van der Waals surface area contributed by atoms with Gasteiger partial charge in [-0.05, 0) is 44.3 Å². The van der Waals surface area contributed by atoms with Gasteiger partial charge < -0.3 is 19.2 Å². The molecular weight excluding hydrogens is 352 g/mol. The SMILES string of the molecule is Cc1ccc2occ(-c3nc4ccc(N5CCN(C)CC5)cc4[nH]3)c(=O)c2c1. The summed E-state index contributed by atoms with van der Waals surface area (Å²) in [6.45, 7) is 6.10. The minimum atomic E-state index is -0.0664. The predicted molar refractivity (Wildman–Crippen MR) is 112 cm³/mol. The number of benzene rings is 2. The van der Waals surface area contributed by atoms with Crippen molar-refractivity contribution in [2.24, 2.45) is 0 Å². The minimum Gasteiger partial charge on any atom is -0.463 e. The molecule has 142 valence electrons. The molecule has 1 fully saturated rings. The molecule has 6 heteroatoms. The molecule has 6 nitrogen and oxygen atoms in total. The average molecular weight is 374 g/mol. The molecule has 1 N–H and O–H groups in total. The highest BCUT2D eigenvalue weighted by molar-refractivity contribution is 5.85. The summed E-state index contributed by atoms with van der Waals surface area (Å²) in [7, 11) is 2.15. The lowest BCUT2D eigenvalue weighted by Gasteiger charge is -2.34. The van der Waals surface area contributed by atoms with E-state index in [1.807, 2.05) is 31.2 Å². The molecule has 0 spiro atoms. The molecule has 0 unspecified atom stereocenters. The van der Waals surface area contributed by atoms with Crippen molar-refractivity contribution in [3.8, 4) is 11.4 Å². The van der Waals surface area contributed by atoms with Crippen molar-refractivity contribution >= 4 is 27.7 Å². The number of hydrogen-bond donors (Lipinski definition) is 1. The van der Waals surface area contributed by atoms with Crippen LogP contribution in [0, 0.1) is 6.92 Å². The number of nitrogens with one attached hydrogen (secondary N) is 1. The fourth-order valence-electron chi connectivity index (χ4n) is 3.79. The van der Waals surface area contributed by atoms with Crippen LogP contribution in [-0.2, 0) is 0 Å². The standard InChI is InChI=1S/C22H22N4O2/c1-14-3-6-20-16(11-14)21(27)17(13-28-20)22-23-18-5-4-15(12-19(18)24-22)26-9-7-25(2)8-10-26/h3-6,11-13H,7-10H2,1-2H3,(H,23,24). The number of nitrogens with zero attached hydrogens (tertiary/aromatic N) is 3. The van der Waals surface area contributed by atoms with Gasteiger partial charge in [0, 0.05) is 31.9 Å². The first-order chi connectivity index (χ1) is 13.6. The van der Waals surface area contributed by atoms with Gasteiger partial charge in [0.05, 0.1) is 16.4 Å². The third-order valence-electron chi connectivity index (χ3n) is 5.52. The summed E-state index contributed by atoms with van der Waals surface area (Å²) in [6.07, 6.45) is 1.50. The summed E-state index contributed by atoms with van der Waals surface area (Å²) in [5.41, 5.74) is 4.95. The lowest BCUT2D eigenvalue weighted by atomic mass is 10.1. The van der Waals surface area contributed by atoms with Crippen LogP contribution in [0.25, 0.3) is 33.4 Å². The van der Waals surface area contributed by atoms with Gasteiger partial charge >= 0.3 is 0 Å². The van der Waals surface area contributed by atoms with Gasteiger partial charge in [-0.1, -0.05) is 11.6 Å². The van der Waals surface area contributed by atoms with Crippen LogP contribution >= 0.6 is 0 Å². The van der Waals surface area contributed by atoms with Crippen molar-refractivity contribution in [1.29, 1.82) is 0 Å². The highest BCUT2D eigenvalue weighted by Crippen LogP contribution is 2.25. The number of aryl methyl sites for hydroxylation is 1. The van der Waals surface area contributed by atoms with Crippen LogP contribution in [0.4, 0.5) is 5.69 Å². The molecule has 0 radical (unpaired) electrons. The number of aromatic amines is 1. The van der Waals surface area contributed by atoms with E-state index < -0.39 is 0 Å². The van der Waals surface area contributed by atoms with E-state index in [0.717, 1.165) is 42.8 Å². The zero-order valence-corrected chi connectivity index (χ0v) is 16.0. The summed E-state index contributed by atoms with van der Waals surface area (Å²) < 4.78 is 5.69. The van der Waals surface area contributed by atoms with Crippen molar-refractivity contribution in [2.45, 2.75) is 6.92 Å². The first-order valence-electron chi connectivity index (χ1n) is 9.54. The predicted octanol–water partition coefficient (Wildman–Crippen LogP) is 3.40. The Balaban J connectivity index is 1.56. The number of rotatable bonds is 2. The van der Waals surface area contributed by atoms with E-state index in [9.17, 15) is 4.79 Å². The summed E-state index contributed by atoms with van der Waals surface area (Å²) >= 11 is 0. The Morgan fingerprint density at radius 1 is 1.07 bits per heavy atom. The third kappa shape index (κ3) is 2.86. The van der Waals surface area contributed by atoms with E-state index in [0.29, 0.717) is 22.4 Å². The molecule has 1 aliphatic heterocycles. The number of imidazole rings is 1. The quantitative estimate of drug-likeness (QED) is 0.583. The third-order valence-corrected chi connectivity index (χ3v) is 5.52. The monoisotopic (exact) mass is 374 g/mol. The maximum absolute atomic E-state index is 13.0. The van der Waals surface area contributed by atoms with Crippen LogP contribution in [0.1, 0.15) is 5.56 Å². The van der Waals surface area contributed by atoms with Crippen molar-refractivity contribution in [3.05, 3.63) is 58.4 Å². The fourth-order valence-corrected chi connectivity index (χ4v) is 3.79. The van der Waals surface area contributed by atoms with Crippen molar-refractivity contribution in [1.82, 2.24) is 14.9 Å². The van der Waals surface area contributed by atoms with E-state index in [-0.39, 0.29) is 5.43 Å². The Labute approximate surface area is 162 Å². The number of piperazine rings is 1. The Morgan fingerprint density at radius 2 is 1.89 bits per heavy atom. The molecule has 0 saturated carbocycles. The molecule has 0 atom stereocenters. The number of likely N-dealkylation sites (N-methyl/N-ethyl adjacent to an activating group) is 1. The van der Waals surface area contributed by atoms with E-state index in [4.69, 9.17) is 4.42 Å². The highest BCUT2D eigenvalue weighted by atomic mass is 16.3. The van der Waals surface area contributed by atoms with Gasteiger partial charge in [0.25, 0.3) is 0 Å². The molecule has 2 aromatic heterocycles. The summed E-state index contributed by atoms with van der Waals surface area (Å²) in [4.78, 5) is 25.6. The molecule has 3 heterocycles. The fraction of sp³-hybridized carbons (Fsp3) is 0.273. The van der Waals surface area contributed by atoms with E-state index in [1.54, 1.807) is 0 Å². The number of aromatic nitrogens is 2. The van der Waals surface area contributed by atoms with Crippen LogP contribution in [0.3, 0.4) is 0 Å². The van der Waals surface area contributed by atoms with Crippen LogP contribution in [0.2, 0.25) is 0 Å². The van der Waals surface area contributed by atoms with Crippen molar-refractivity contribution < 1.29 is 4.42 Å². The van der Waals surface area contributed by atoms with Crippen LogP contribution in [0.5, 0.6) is 0 Å². The molecule has 28 heavy (non-hydrogen) atoms. The number of fused-ring (bicyclic) bond motifs is 2. The number of anilines is 1. The average Bonchev–Trinajstić information content (AvgIpc) is 3.12. The van der Waals surface area contributed by atoms with Crippen molar-refractivity contribution in [2.75, 3.05) is 38.1 Å². The molecular formula is C22H22N4O2. The van der Waals surface area contributed by atoms with E-state index in [1.165, 1.54) is 12.0 Å². The van der Waals surface area contributed by atoms with Gasteiger partial charge in [0.15, 0.2) is 0 Å². The number of H-pyrrole nitrogens is 1. The Bertz CT molecular complexity index is 1230. The van der Waals surface area contributed by atoms with Crippen LogP contribution in [0.15, 0.2) is 51.9 Å². The first kappa shape index (κ1) is 17.0. The summed E-state index contributed by atoms with van der Waals surface area (Å²) in [5, 5.41) is 0.580. The second-order valence-corrected chi connectivity index (χ2v) is 7.56.